The van der Waals surface area contributed by atoms with Crippen LogP contribution in [-0.2, 0) is 0 Å². The molecule has 30 heavy (non-hydrogen) atoms. The maximum atomic E-state index is 3.46. The van der Waals surface area contributed by atoms with Crippen molar-refractivity contribution in [2.24, 2.45) is 0 Å². The maximum Gasteiger partial charge on any atom is 0.0456 e. The number of para-hydroxylation sites is 1. The van der Waals surface area contributed by atoms with Gasteiger partial charge in [-0.25, -0.2) is 0 Å². The number of aromatic nitrogens is 1. The molecule has 3 aromatic rings. The monoisotopic (exact) mass is 401 g/mol. The summed E-state index contributed by atoms with van der Waals surface area (Å²) in [5.41, 5.74) is 4.35. The second-order valence-electron chi connectivity index (χ2n) is 9.29. The molecule has 2 saturated heterocycles. The molecule has 3 nitrogen and oxygen atoms in total. The molecule has 0 atom stereocenters. The average Bonchev–Trinajstić information content (AvgIpc) is 3.25. The van der Waals surface area contributed by atoms with Gasteiger partial charge in [-0.3, -0.25) is 0 Å². The van der Waals surface area contributed by atoms with Crippen LogP contribution in [0.2, 0.25) is 0 Å². The summed E-state index contributed by atoms with van der Waals surface area (Å²) in [4.78, 5) is 8.85. The van der Waals surface area contributed by atoms with E-state index in [1.807, 2.05) is 0 Å². The van der Waals surface area contributed by atoms with Crippen LogP contribution in [0.5, 0.6) is 0 Å². The minimum absolute atomic E-state index is 0.717. The van der Waals surface area contributed by atoms with Crippen LogP contribution < -0.4 is 0 Å². The van der Waals surface area contributed by atoms with Gasteiger partial charge in [0.05, 0.1) is 0 Å². The molecule has 0 radical (unpaired) electrons. The van der Waals surface area contributed by atoms with Gasteiger partial charge in [0.15, 0.2) is 0 Å². The molecule has 0 bridgehead atoms. The Hall–Kier alpha value is -2.10. The molecule has 5 rings (SSSR count). The number of nitrogens with one attached hydrogen (secondary N) is 1. The SMILES string of the molecule is c1ccc(C2CCN(CCCN3CCC(c4c[nH]c5ccccc45)CC3)CC2)cc1. The summed E-state index contributed by atoms with van der Waals surface area (Å²) in [7, 11) is 0. The van der Waals surface area contributed by atoms with E-state index in [4.69, 9.17) is 0 Å². The quantitative estimate of drug-likeness (QED) is 0.579. The van der Waals surface area contributed by atoms with E-state index in [-0.39, 0.29) is 0 Å². The van der Waals surface area contributed by atoms with Crippen LogP contribution in [0.15, 0.2) is 60.8 Å². The van der Waals surface area contributed by atoms with Gasteiger partial charge in [0.1, 0.15) is 0 Å². The minimum Gasteiger partial charge on any atom is -0.361 e. The third-order valence-electron chi connectivity index (χ3n) is 7.46. The third-order valence-corrected chi connectivity index (χ3v) is 7.46. The number of benzene rings is 2. The first-order valence-electron chi connectivity index (χ1n) is 11.9. The van der Waals surface area contributed by atoms with Crippen molar-refractivity contribution in [3.63, 3.8) is 0 Å². The lowest BCUT2D eigenvalue weighted by Crippen LogP contribution is -2.37. The predicted octanol–water partition coefficient (Wildman–Crippen LogP) is 5.62. The van der Waals surface area contributed by atoms with Gasteiger partial charge in [0, 0.05) is 17.1 Å². The van der Waals surface area contributed by atoms with Crippen LogP contribution in [0.1, 0.15) is 55.1 Å². The summed E-state index contributed by atoms with van der Waals surface area (Å²) >= 11 is 0. The Morgan fingerprint density at radius 3 is 2.00 bits per heavy atom. The second-order valence-corrected chi connectivity index (χ2v) is 9.29. The molecule has 3 heteroatoms. The van der Waals surface area contributed by atoms with E-state index in [1.165, 1.54) is 93.4 Å². The molecule has 2 aromatic carbocycles. The molecule has 0 spiro atoms. The van der Waals surface area contributed by atoms with E-state index in [1.54, 1.807) is 0 Å². The summed E-state index contributed by atoms with van der Waals surface area (Å²) in [6, 6.07) is 19.9. The summed E-state index contributed by atoms with van der Waals surface area (Å²) in [6.07, 6.45) is 8.80. The standard InChI is InChI=1S/C27H35N3/c1-2-7-22(8-3-1)23-11-17-29(18-12-23)15-6-16-30-19-13-24(14-20-30)26-21-28-27-10-5-4-9-25(26)27/h1-5,7-10,21,23-24,28H,6,11-20H2. The van der Waals surface area contributed by atoms with Crippen LogP contribution in [0, 0.1) is 0 Å². The number of aromatic amines is 1. The van der Waals surface area contributed by atoms with Crippen molar-refractivity contribution in [1.82, 2.24) is 14.8 Å². The smallest absolute Gasteiger partial charge is 0.0456 e. The predicted molar refractivity (Wildman–Crippen MR) is 126 cm³/mol. The van der Waals surface area contributed by atoms with Gasteiger partial charge in [0.25, 0.3) is 0 Å². The Bertz CT molecular complexity index is 915. The number of likely N-dealkylation sites (tertiary alicyclic amines) is 2. The van der Waals surface area contributed by atoms with E-state index >= 15 is 0 Å². The summed E-state index contributed by atoms with van der Waals surface area (Å²) in [5, 5.41) is 1.43. The van der Waals surface area contributed by atoms with Crippen molar-refractivity contribution in [2.45, 2.75) is 43.9 Å². The molecular formula is C27H35N3. The summed E-state index contributed by atoms with van der Waals surface area (Å²) < 4.78 is 0. The molecule has 3 heterocycles. The van der Waals surface area contributed by atoms with Gasteiger partial charge in [-0.1, -0.05) is 48.5 Å². The van der Waals surface area contributed by atoms with Crippen molar-refractivity contribution in [3.05, 3.63) is 71.9 Å². The largest absolute Gasteiger partial charge is 0.361 e. The highest BCUT2D eigenvalue weighted by Crippen LogP contribution is 2.33. The van der Waals surface area contributed by atoms with Crippen molar-refractivity contribution in [2.75, 3.05) is 39.3 Å². The van der Waals surface area contributed by atoms with Crippen LogP contribution >= 0.6 is 0 Å². The number of hydrogen-bond acceptors (Lipinski definition) is 2. The molecule has 2 aliphatic heterocycles. The van der Waals surface area contributed by atoms with Gasteiger partial charge >= 0.3 is 0 Å². The lowest BCUT2D eigenvalue weighted by molar-refractivity contribution is 0.175. The number of fused-ring (bicyclic) bond motifs is 1. The van der Waals surface area contributed by atoms with Gasteiger partial charge in [-0.2, -0.15) is 0 Å². The van der Waals surface area contributed by atoms with Crippen molar-refractivity contribution >= 4 is 10.9 Å². The van der Waals surface area contributed by atoms with Crippen LogP contribution in [0.25, 0.3) is 10.9 Å². The molecule has 0 aliphatic carbocycles. The highest BCUT2D eigenvalue weighted by molar-refractivity contribution is 5.83. The zero-order valence-electron chi connectivity index (χ0n) is 18.1. The van der Waals surface area contributed by atoms with Crippen molar-refractivity contribution < 1.29 is 0 Å². The molecule has 2 fully saturated rings. The first kappa shape index (κ1) is 19.8. The molecule has 2 aliphatic rings. The van der Waals surface area contributed by atoms with Gasteiger partial charge < -0.3 is 14.8 Å². The molecule has 0 amide bonds. The van der Waals surface area contributed by atoms with Crippen molar-refractivity contribution in [1.29, 1.82) is 0 Å². The first-order chi connectivity index (χ1) is 14.9. The average molecular weight is 402 g/mol. The highest BCUT2D eigenvalue weighted by atomic mass is 15.2. The lowest BCUT2D eigenvalue weighted by atomic mass is 9.89. The van der Waals surface area contributed by atoms with E-state index < -0.39 is 0 Å². The fourth-order valence-electron chi connectivity index (χ4n) is 5.63. The second kappa shape index (κ2) is 9.36. The van der Waals surface area contributed by atoms with E-state index in [2.05, 4.69) is 75.6 Å². The molecule has 1 aromatic heterocycles. The molecule has 0 unspecified atom stereocenters. The molecule has 158 valence electrons. The van der Waals surface area contributed by atoms with Crippen LogP contribution in [0.3, 0.4) is 0 Å². The van der Waals surface area contributed by atoms with E-state index in [9.17, 15) is 0 Å². The zero-order chi connectivity index (χ0) is 20.2. The van der Waals surface area contributed by atoms with E-state index in [0.717, 1.165) is 11.8 Å². The number of hydrogen-bond donors (Lipinski definition) is 1. The van der Waals surface area contributed by atoms with Crippen LogP contribution in [-0.4, -0.2) is 54.1 Å². The van der Waals surface area contributed by atoms with Gasteiger partial charge in [-0.05, 0) is 100 Å². The molecular weight excluding hydrogens is 366 g/mol. The number of H-pyrrole nitrogens is 1. The minimum atomic E-state index is 0.717. The summed E-state index contributed by atoms with van der Waals surface area (Å²) in [5.74, 6) is 1.49. The topological polar surface area (TPSA) is 22.3 Å². The Morgan fingerprint density at radius 2 is 1.30 bits per heavy atom. The Balaban J connectivity index is 1.03. The van der Waals surface area contributed by atoms with Gasteiger partial charge in [0.2, 0.25) is 0 Å². The Labute approximate surface area is 181 Å². The number of rotatable bonds is 6. The third kappa shape index (κ3) is 4.48. The fraction of sp³-hybridized carbons (Fsp3) is 0.481. The highest BCUT2D eigenvalue weighted by Gasteiger charge is 2.23. The Morgan fingerprint density at radius 1 is 0.700 bits per heavy atom. The van der Waals surface area contributed by atoms with E-state index in [0.29, 0.717) is 0 Å². The summed E-state index contributed by atoms with van der Waals surface area (Å²) in [6.45, 7) is 7.56. The van der Waals surface area contributed by atoms with Crippen LogP contribution in [0.4, 0.5) is 0 Å². The number of nitrogens with zero attached hydrogens (tertiary/aromatic N) is 2. The Kier molecular flexibility index (Phi) is 6.19. The van der Waals surface area contributed by atoms with Crippen molar-refractivity contribution in [3.8, 4) is 0 Å². The van der Waals surface area contributed by atoms with Gasteiger partial charge in [-0.15, -0.1) is 0 Å². The zero-order valence-corrected chi connectivity index (χ0v) is 18.1. The fourth-order valence-corrected chi connectivity index (χ4v) is 5.63. The lowest BCUT2D eigenvalue weighted by Gasteiger charge is -2.34. The molecule has 0 saturated carbocycles. The number of piperidine rings is 2. The normalized spacial score (nSPS) is 20.1. The first-order valence-corrected chi connectivity index (χ1v) is 11.9. The molecule has 1 N–H and O–H groups in total. The maximum absolute atomic E-state index is 3.46.